The highest BCUT2D eigenvalue weighted by atomic mass is 35.5. The minimum atomic E-state index is -5.01. The van der Waals surface area contributed by atoms with Gasteiger partial charge in [-0.1, -0.05) is 23.2 Å². The van der Waals surface area contributed by atoms with Crippen molar-refractivity contribution in [1.82, 2.24) is 10.6 Å². The number of hydrogen-bond donors (Lipinski definition) is 21. The fourth-order valence-electron chi connectivity index (χ4n) is 19.0. The average molecular weight is 2100 g/mol. The van der Waals surface area contributed by atoms with Gasteiger partial charge in [0.15, 0.2) is 73.7 Å². The van der Waals surface area contributed by atoms with E-state index in [4.69, 9.17) is 187 Å². The molecule has 0 aliphatic carbocycles. The van der Waals surface area contributed by atoms with E-state index >= 15 is 0 Å². The van der Waals surface area contributed by atoms with Crippen molar-refractivity contribution in [3.8, 4) is 23.0 Å². The van der Waals surface area contributed by atoms with E-state index in [9.17, 15) is 80.0 Å². The first-order chi connectivity index (χ1) is 66.3. The van der Waals surface area contributed by atoms with Crippen LogP contribution < -0.4 is 19.9 Å². The van der Waals surface area contributed by atoms with E-state index in [0.29, 0.717) is 0 Å². The van der Waals surface area contributed by atoms with Crippen molar-refractivity contribution in [3.63, 3.8) is 0 Å². The molecule has 141 heavy (non-hydrogen) atoms. The molecule has 0 saturated carbocycles. The predicted molar refractivity (Wildman–Crippen MR) is 464 cm³/mol. The number of nitrogens with one attached hydrogen (secondary N) is 2. The first-order valence-corrected chi connectivity index (χ1v) is 47.4. The summed E-state index contributed by atoms with van der Waals surface area (Å²) < 4.78 is 176. The molecule has 54 nitrogen and oxygen atoms in total. The Labute approximate surface area is 817 Å². The van der Waals surface area contributed by atoms with Gasteiger partial charge in [0.2, 0.25) is 0 Å². The number of methoxy groups -OCH3 is 5. The molecule has 0 bridgehead atoms. The van der Waals surface area contributed by atoms with E-state index in [1.807, 2.05) is 0 Å². The zero-order chi connectivity index (χ0) is 104. The Hall–Kier alpha value is -4.89. The maximum Gasteiger partial charge on any atom is 0.524 e. The maximum atomic E-state index is 14.3. The highest BCUT2D eigenvalue weighted by Gasteiger charge is 2.71. The molecular formula is C84H132Cl2N3O51P. The van der Waals surface area contributed by atoms with Gasteiger partial charge >= 0.3 is 25.7 Å². The lowest BCUT2D eigenvalue weighted by atomic mass is 9.85. The molecule has 0 radical (unpaired) electrons. The van der Waals surface area contributed by atoms with E-state index in [-0.39, 0.29) is 84.0 Å². The fourth-order valence-corrected chi connectivity index (χ4v) is 19.9. The zero-order valence-corrected chi connectivity index (χ0v) is 82.1. The number of phenolic OH excluding ortho intramolecular Hbond substituents is 2. The number of nitro groups is 1. The zero-order valence-electron chi connectivity index (χ0n) is 79.7. The van der Waals surface area contributed by atoms with Gasteiger partial charge in [-0.05, 0) is 86.7 Å². The summed E-state index contributed by atoms with van der Waals surface area (Å²) in [6, 6.07) is 1.95. The van der Waals surface area contributed by atoms with Crippen molar-refractivity contribution in [2.75, 3.05) is 103 Å². The van der Waals surface area contributed by atoms with Gasteiger partial charge in [-0.25, -0.2) is 14.2 Å². The van der Waals surface area contributed by atoms with Crippen LogP contribution in [0.1, 0.15) is 99.6 Å². The topological polar surface area (TPSA) is 752 Å². The lowest BCUT2D eigenvalue weighted by Gasteiger charge is -2.50. The molecule has 1 unspecified atom stereocenters. The molecule has 11 saturated heterocycles. The molecule has 11 fully saturated rings. The normalized spacial score (nSPS) is 40.2. The van der Waals surface area contributed by atoms with Crippen molar-refractivity contribution in [3.05, 3.63) is 54.5 Å². The molecule has 2 aromatic rings. The summed E-state index contributed by atoms with van der Waals surface area (Å²) in [6.07, 6.45) is -53.0. The molecule has 13 rings (SSSR count). The first kappa shape index (κ1) is 116. The Morgan fingerprint density at radius 3 is 1.77 bits per heavy atom. The number of ether oxygens (including phenoxy) is 26. The summed E-state index contributed by atoms with van der Waals surface area (Å²) in [5.41, 5.74) is -3.93. The number of aryl methyl sites for hydroxylation is 1. The van der Waals surface area contributed by atoms with Crippen LogP contribution in [0, 0.1) is 24.0 Å². The number of phenols is 2. The van der Waals surface area contributed by atoms with Crippen LogP contribution in [0.2, 0.25) is 10.0 Å². The largest absolute Gasteiger partial charge is 0.524 e. The van der Waals surface area contributed by atoms with Gasteiger partial charge in [0, 0.05) is 65.9 Å². The second-order valence-corrected chi connectivity index (χ2v) is 38.1. The lowest BCUT2D eigenvalue weighted by Crippen LogP contribution is -2.68. The van der Waals surface area contributed by atoms with Crippen LogP contribution >= 0.6 is 31.0 Å². The van der Waals surface area contributed by atoms with E-state index < -0.39 is 330 Å². The molecule has 11 aliphatic rings. The number of nitrogens with zero attached hydrogens (tertiary/aromatic N) is 1. The SMILES string of the molecule is CNC[C@H](O)[C@@H](O)[C@H](O)[C@H](O)CO.CNC[C@H](O)[C@@H](O)[C@H](O)[C@H](O)CO.COC[C@H]1O[C@@H](O[C@@H]2OC[C@@H]3O[C@@]4(OC[C@@H](OC(=O)c5c(C)cc(OP(=O)(O)O)cc5O)[C@@H]5OCO[C@H]54)O[C@H]3[C@H]2O)[C@@H](OC)[C@@H](O)[C@@H]1O[C@@H]1O[C@H](C)[C@H](OC)[C@H](O[C@@H]2O[C@H](C)[C@H]3OC4(C[C@@H](O)[C@H](O[C@H]5C[C@@H](O[C@H]6C[C@](C)([N+](=O)[O-])[C@@H](OC)[C@H](C)O6)[C@H](OC(=O)c6c(C)c(Cl)c(O)c(Cl)c6OC)[C@@H](C)O5)[C@@H](C)O4)O[C@]3(C)[C@@H]2O)[C@H]1O. The molecule has 2 spiro atoms. The van der Waals surface area contributed by atoms with Crippen LogP contribution in [0.25, 0.3) is 0 Å². The van der Waals surface area contributed by atoms with Crippen LogP contribution in [0.15, 0.2) is 12.1 Å². The van der Waals surface area contributed by atoms with E-state index in [0.717, 1.165) is 12.1 Å². The molecule has 11 heterocycles. The molecule has 21 N–H and O–H groups in total. The number of phosphoric acid groups is 1. The van der Waals surface area contributed by atoms with E-state index in [2.05, 4.69) is 15.2 Å². The lowest BCUT2D eigenvalue weighted by molar-refractivity contribution is -0.595. The fraction of sp³-hybridized carbons (Fsp3) is 0.833. The maximum absolute atomic E-state index is 14.3. The number of aliphatic hydroxyl groups is 15. The molecular weight excluding hydrogens is 1970 g/mol. The Bertz CT molecular complexity index is 4410. The number of rotatable bonds is 35. The molecule has 0 aromatic heterocycles. The highest BCUT2D eigenvalue weighted by molar-refractivity contribution is 7.46. The second kappa shape index (κ2) is 48.8. The van der Waals surface area contributed by atoms with Crippen molar-refractivity contribution in [2.24, 2.45) is 0 Å². The van der Waals surface area contributed by atoms with E-state index in [1.165, 1.54) is 63.2 Å². The summed E-state index contributed by atoms with van der Waals surface area (Å²) in [6.45, 7) is 11.2. The Morgan fingerprint density at radius 2 is 1.19 bits per heavy atom. The molecule has 808 valence electrons. The van der Waals surface area contributed by atoms with Gasteiger partial charge in [0.1, 0.15) is 168 Å². The number of carbonyl (C=O) groups excluding carboxylic acids is 2. The molecule has 57 heteroatoms. The quantitative estimate of drug-likeness (QED) is 0.0132. The molecule has 2 aromatic carbocycles. The summed E-state index contributed by atoms with van der Waals surface area (Å²) in [5.74, 6) is -8.12. The van der Waals surface area contributed by atoms with Crippen molar-refractivity contribution < 1.29 is 243 Å². The minimum absolute atomic E-state index is 0.0461. The van der Waals surface area contributed by atoms with Gasteiger partial charge in [0.05, 0.1) is 107 Å². The molecule has 0 amide bonds. The Balaban J connectivity index is 0.000000638. The second-order valence-electron chi connectivity index (χ2n) is 36.1. The average Bonchev–Trinajstić information content (AvgIpc) is 1.56. The van der Waals surface area contributed by atoms with Crippen LogP contribution in [0.3, 0.4) is 0 Å². The number of fused-ring (bicyclic) bond motifs is 4. The van der Waals surface area contributed by atoms with Crippen molar-refractivity contribution in [2.45, 2.75) is 344 Å². The van der Waals surface area contributed by atoms with Crippen LogP contribution in [-0.4, -0.2) is 478 Å². The summed E-state index contributed by atoms with van der Waals surface area (Å²) in [7, 11) is 4.61. The number of phosphoric ester groups is 1. The van der Waals surface area contributed by atoms with Gasteiger partial charge in [-0.15, -0.1) is 0 Å². The van der Waals surface area contributed by atoms with Gasteiger partial charge in [-0.3, -0.25) is 19.9 Å². The smallest absolute Gasteiger partial charge is 0.507 e. The van der Waals surface area contributed by atoms with E-state index in [1.54, 1.807) is 48.7 Å². The predicted octanol–water partition coefficient (Wildman–Crippen LogP) is -5.69. The van der Waals surface area contributed by atoms with Crippen LogP contribution in [0.4, 0.5) is 0 Å². The minimum Gasteiger partial charge on any atom is -0.507 e. The summed E-state index contributed by atoms with van der Waals surface area (Å²) in [5, 5.41) is 189. The third-order valence-corrected chi connectivity index (χ3v) is 27.4. The number of benzene rings is 2. The summed E-state index contributed by atoms with van der Waals surface area (Å²) in [4.78, 5) is 58.5. The number of carbonyl (C=O) groups is 2. The number of aromatic hydroxyl groups is 2. The standard InChI is InChI=1S/C70H98Cl2NO41P.2C7H17NO5/c1-24-15-31(113-115(85,86)87)16-32(74)40(24)61(81)102-36-22-96-70(60-53(36)94-23-95-60)110-37-21-93-63(46(78)52(37)111-70)108-65-56(91-13)45(77)51(35(103-65)20-88-10)106-64-47(79)55(50(89-11)27(4)99-64)107-66-57(80)68(9)59(30(7)100-66)112-69(114-68)18-33(75)48(28(5)109-69)104-38-17-34(101-39-19-67(8,73(83)84)58(92-14)29(6)98-39)49(26(3)97-38)105-62(82)41-25(2)42(71)44(76)43(72)54(41)90-12;2*1-8-2-4(10)6(12)7(13)5(11)3-9/h15-16,26-30,33-39,45-53,55-60,63-66,74-80H,17-23H2,1-14H3,(H2,85,86,87);2*4-13H,2-3H2,1H3/t26-,27-,28-,29+,30-,33-,34-,35-,36-,37+,38+,39+,45+,46-,47-,48-,49-,50+,51-,52-,53+,55-,56+,57-,58+,59-,60-,63+,64+,65+,66+,67+,68-,69?,70-;2*4-,5+,6+,7+/m100/s1. The molecule has 43 atom stereocenters. The number of hydrogen-bond acceptors (Lipinski definition) is 51. The first-order valence-electron chi connectivity index (χ1n) is 45.1. The number of esters is 2. The Kier molecular flexibility index (Phi) is 40.3. The molecule has 11 aliphatic heterocycles. The van der Waals surface area contributed by atoms with Crippen molar-refractivity contribution in [1.29, 1.82) is 0 Å². The van der Waals surface area contributed by atoms with Gasteiger partial charge < -0.3 is 225 Å². The van der Waals surface area contributed by atoms with Crippen LogP contribution in [-0.2, 0) is 123 Å². The van der Waals surface area contributed by atoms with Crippen molar-refractivity contribution >= 4 is 43.0 Å². The highest BCUT2D eigenvalue weighted by Crippen LogP contribution is 2.54. The van der Waals surface area contributed by atoms with Crippen LogP contribution in [0.5, 0.6) is 23.0 Å². The number of aliphatic hydroxyl groups excluding tert-OH is 15. The third-order valence-electron chi connectivity index (χ3n) is 26.2. The number of likely N-dealkylation sites (N-methyl/N-ethyl adjacent to an activating group) is 2. The van der Waals surface area contributed by atoms with Gasteiger partial charge in [0.25, 0.3) is 11.5 Å². The summed E-state index contributed by atoms with van der Waals surface area (Å²) >= 11 is 12.8. The third kappa shape index (κ3) is 25.2. The Morgan fingerprint density at radius 1 is 0.589 bits per heavy atom. The van der Waals surface area contributed by atoms with Gasteiger partial charge in [-0.2, -0.15) is 0 Å². The monoisotopic (exact) mass is 2100 g/mol. The number of halogens is 2.